The molecule has 1 aliphatic rings. The van der Waals surface area contributed by atoms with E-state index in [4.69, 9.17) is 4.74 Å². The molecule has 0 aromatic heterocycles. The lowest BCUT2D eigenvalue weighted by Gasteiger charge is -2.34. The number of ether oxygens (including phenoxy) is 1. The molecule has 5 nitrogen and oxygen atoms in total. The molecule has 28 heavy (non-hydrogen) atoms. The Morgan fingerprint density at radius 1 is 0.929 bits per heavy atom. The minimum atomic E-state index is -1.05. The first-order chi connectivity index (χ1) is 13.5. The third-order valence-corrected chi connectivity index (χ3v) is 4.78. The van der Waals surface area contributed by atoms with Crippen LogP contribution in [0.3, 0.4) is 0 Å². The maximum atomic E-state index is 13.3. The summed E-state index contributed by atoms with van der Waals surface area (Å²) in [5, 5.41) is 0. The van der Waals surface area contributed by atoms with Crippen molar-refractivity contribution < 1.29 is 23.1 Å². The number of carbonyl (C=O) groups is 2. The minimum absolute atomic E-state index is 0.0669. The van der Waals surface area contributed by atoms with Crippen molar-refractivity contribution in [3.63, 3.8) is 0 Å². The highest BCUT2D eigenvalue weighted by molar-refractivity contribution is 5.94. The molecule has 0 saturated carbocycles. The number of hydrogen-bond acceptors (Lipinski definition) is 3. The molecule has 2 aromatic rings. The van der Waals surface area contributed by atoms with Crippen molar-refractivity contribution in [2.24, 2.45) is 0 Å². The zero-order chi connectivity index (χ0) is 20.1. The van der Waals surface area contributed by atoms with Crippen molar-refractivity contribution in [1.29, 1.82) is 0 Å². The van der Waals surface area contributed by atoms with Gasteiger partial charge in [0.25, 0.3) is 11.8 Å². The molecular formula is C21H22F2N2O3. The van der Waals surface area contributed by atoms with Gasteiger partial charge in [0, 0.05) is 31.7 Å². The first kappa shape index (κ1) is 19.8. The number of carbonyl (C=O) groups excluding carboxylic acids is 2. The monoisotopic (exact) mass is 388 g/mol. The smallest absolute Gasteiger partial charge is 0.260 e. The van der Waals surface area contributed by atoms with Gasteiger partial charge in [-0.05, 0) is 42.3 Å². The molecule has 0 spiro atoms. The molecule has 1 saturated heterocycles. The van der Waals surface area contributed by atoms with E-state index in [0.717, 1.165) is 18.6 Å². The lowest BCUT2D eigenvalue weighted by atomic mass is 10.1. The maximum Gasteiger partial charge on any atom is 0.260 e. The van der Waals surface area contributed by atoms with Gasteiger partial charge in [0.2, 0.25) is 0 Å². The second kappa shape index (κ2) is 8.82. The molecule has 0 radical (unpaired) electrons. The standard InChI is InChI=1S/C21H22F2N2O3/c1-2-15-3-6-17(7-4-15)28-14-20(26)24-9-11-25(12-10-24)21(27)16-5-8-18(22)19(23)13-16/h3-8,13H,2,9-12,14H2,1H3. The first-order valence-electron chi connectivity index (χ1n) is 9.21. The summed E-state index contributed by atoms with van der Waals surface area (Å²) in [6.07, 6.45) is 0.937. The molecule has 0 atom stereocenters. The fraction of sp³-hybridized carbons (Fsp3) is 0.333. The van der Waals surface area contributed by atoms with Crippen LogP contribution in [-0.4, -0.2) is 54.4 Å². The van der Waals surface area contributed by atoms with Crippen LogP contribution in [0.1, 0.15) is 22.8 Å². The Bertz CT molecular complexity index is 847. The maximum absolute atomic E-state index is 13.3. The predicted molar refractivity (Wildman–Crippen MR) is 100 cm³/mol. The van der Waals surface area contributed by atoms with E-state index in [1.165, 1.54) is 16.5 Å². The highest BCUT2D eigenvalue weighted by Crippen LogP contribution is 2.15. The van der Waals surface area contributed by atoms with Crippen LogP contribution < -0.4 is 4.74 Å². The van der Waals surface area contributed by atoms with Gasteiger partial charge in [-0.15, -0.1) is 0 Å². The molecule has 1 aliphatic heterocycles. The lowest BCUT2D eigenvalue weighted by molar-refractivity contribution is -0.134. The lowest BCUT2D eigenvalue weighted by Crippen LogP contribution is -2.51. The van der Waals surface area contributed by atoms with Crippen molar-refractivity contribution in [3.8, 4) is 5.75 Å². The molecule has 7 heteroatoms. The number of aryl methyl sites for hydroxylation is 1. The third-order valence-electron chi connectivity index (χ3n) is 4.78. The summed E-state index contributed by atoms with van der Waals surface area (Å²) in [4.78, 5) is 27.9. The summed E-state index contributed by atoms with van der Waals surface area (Å²) in [7, 11) is 0. The van der Waals surface area contributed by atoms with E-state index in [0.29, 0.717) is 31.9 Å². The van der Waals surface area contributed by atoms with Crippen molar-refractivity contribution in [3.05, 3.63) is 65.2 Å². The average molecular weight is 388 g/mol. The third kappa shape index (κ3) is 4.65. The van der Waals surface area contributed by atoms with Gasteiger partial charge < -0.3 is 14.5 Å². The Labute approximate surface area is 162 Å². The fourth-order valence-electron chi connectivity index (χ4n) is 3.03. The molecule has 3 rings (SSSR count). The Balaban J connectivity index is 1.49. The largest absolute Gasteiger partial charge is 0.484 e. The highest BCUT2D eigenvalue weighted by atomic mass is 19.2. The molecule has 1 heterocycles. The number of amides is 2. The number of piperazine rings is 1. The zero-order valence-electron chi connectivity index (χ0n) is 15.7. The molecule has 2 aromatic carbocycles. The van der Waals surface area contributed by atoms with E-state index in [1.54, 1.807) is 4.90 Å². The van der Waals surface area contributed by atoms with E-state index in [1.807, 2.05) is 24.3 Å². The number of benzene rings is 2. The van der Waals surface area contributed by atoms with Gasteiger partial charge in [0.15, 0.2) is 18.2 Å². The zero-order valence-corrected chi connectivity index (χ0v) is 15.7. The molecule has 1 fully saturated rings. The quantitative estimate of drug-likeness (QED) is 0.792. The first-order valence-corrected chi connectivity index (χ1v) is 9.21. The van der Waals surface area contributed by atoms with Crippen LogP contribution in [0.2, 0.25) is 0 Å². The van der Waals surface area contributed by atoms with Gasteiger partial charge in [-0.3, -0.25) is 9.59 Å². The molecule has 0 aliphatic carbocycles. The summed E-state index contributed by atoms with van der Waals surface area (Å²) in [5.74, 6) is -1.93. The molecule has 2 amide bonds. The molecule has 0 N–H and O–H groups in total. The topological polar surface area (TPSA) is 49.9 Å². The van der Waals surface area contributed by atoms with E-state index in [9.17, 15) is 18.4 Å². The van der Waals surface area contributed by atoms with Crippen LogP contribution in [0.4, 0.5) is 8.78 Å². The van der Waals surface area contributed by atoms with Crippen molar-refractivity contribution in [2.75, 3.05) is 32.8 Å². The van der Waals surface area contributed by atoms with Gasteiger partial charge in [-0.1, -0.05) is 19.1 Å². The highest BCUT2D eigenvalue weighted by Gasteiger charge is 2.25. The number of rotatable bonds is 5. The number of hydrogen-bond donors (Lipinski definition) is 0. The molecule has 148 valence electrons. The summed E-state index contributed by atoms with van der Waals surface area (Å²) in [6.45, 7) is 3.39. The van der Waals surface area contributed by atoms with E-state index in [-0.39, 0.29) is 24.0 Å². The summed E-state index contributed by atoms with van der Waals surface area (Å²) in [5.41, 5.74) is 1.29. The minimum Gasteiger partial charge on any atom is -0.484 e. The van der Waals surface area contributed by atoms with Crippen LogP contribution in [0.15, 0.2) is 42.5 Å². The van der Waals surface area contributed by atoms with Crippen LogP contribution in [0, 0.1) is 11.6 Å². The molecule has 0 bridgehead atoms. The molecular weight excluding hydrogens is 366 g/mol. The summed E-state index contributed by atoms with van der Waals surface area (Å²) < 4.78 is 31.9. The normalized spacial score (nSPS) is 14.1. The Morgan fingerprint density at radius 3 is 2.18 bits per heavy atom. The Kier molecular flexibility index (Phi) is 6.23. The van der Waals surface area contributed by atoms with Crippen LogP contribution in [0.5, 0.6) is 5.75 Å². The van der Waals surface area contributed by atoms with Gasteiger partial charge >= 0.3 is 0 Å². The van der Waals surface area contributed by atoms with Crippen molar-refractivity contribution in [2.45, 2.75) is 13.3 Å². The van der Waals surface area contributed by atoms with Gasteiger partial charge in [-0.2, -0.15) is 0 Å². The van der Waals surface area contributed by atoms with Crippen LogP contribution >= 0.6 is 0 Å². The molecule has 0 unspecified atom stereocenters. The second-order valence-corrected chi connectivity index (χ2v) is 6.59. The summed E-state index contributed by atoms with van der Waals surface area (Å²) >= 11 is 0. The summed E-state index contributed by atoms with van der Waals surface area (Å²) in [6, 6.07) is 10.7. The van der Waals surface area contributed by atoms with Crippen LogP contribution in [-0.2, 0) is 11.2 Å². The van der Waals surface area contributed by atoms with E-state index in [2.05, 4.69) is 6.92 Å². The Morgan fingerprint density at radius 2 is 1.57 bits per heavy atom. The number of halogens is 2. The van der Waals surface area contributed by atoms with Gasteiger partial charge in [-0.25, -0.2) is 8.78 Å². The number of nitrogens with zero attached hydrogens (tertiary/aromatic N) is 2. The van der Waals surface area contributed by atoms with Gasteiger partial charge in [0.1, 0.15) is 5.75 Å². The predicted octanol–water partition coefficient (Wildman–Crippen LogP) is 2.89. The van der Waals surface area contributed by atoms with E-state index < -0.39 is 11.6 Å². The Hall–Kier alpha value is -2.96. The fourth-order valence-corrected chi connectivity index (χ4v) is 3.03. The van der Waals surface area contributed by atoms with Crippen LogP contribution in [0.25, 0.3) is 0 Å². The van der Waals surface area contributed by atoms with E-state index >= 15 is 0 Å². The van der Waals surface area contributed by atoms with Crippen molar-refractivity contribution >= 4 is 11.8 Å². The second-order valence-electron chi connectivity index (χ2n) is 6.59. The van der Waals surface area contributed by atoms with Crippen molar-refractivity contribution in [1.82, 2.24) is 9.80 Å². The SMILES string of the molecule is CCc1ccc(OCC(=O)N2CCN(C(=O)c3ccc(F)c(F)c3)CC2)cc1. The van der Waals surface area contributed by atoms with Gasteiger partial charge in [0.05, 0.1) is 0 Å². The average Bonchev–Trinajstić information content (AvgIpc) is 2.74.